The second kappa shape index (κ2) is 13.2. The Labute approximate surface area is 173 Å². The normalized spacial score (nSPS) is 9.44. The third-order valence-electron chi connectivity index (χ3n) is 2.24. The van der Waals surface area contributed by atoms with Gasteiger partial charge in [0.2, 0.25) is 0 Å². The predicted molar refractivity (Wildman–Crippen MR) is 115 cm³/mol. The number of hydrogen-bond acceptors (Lipinski definition) is 6. The number of carbonyl (C=O) groups is 3. The molecule has 1 aromatic heterocycles. The van der Waals surface area contributed by atoms with Crippen molar-refractivity contribution in [1.82, 2.24) is 4.98 Å². The fourth-order valence-corrected chi connectivity index (χ4v) is 2.36. The molecule has 1 aromatic carbocycles. The number of primary amides is 2. The first-order chi connectivity index (χ1) is 12.2. The number of hydrogen-bond donors (Lipinski definition) is 5. The van der Waals surface area contributed by atoms with Crippen LogP contribution in [-0.4, -0.2) is 33.6 Å². The number of aromatic nitrogens is 1. The SMILES string of the molecule is CC(=O)O.COc1ccc2sc(C(C)(C)C)nc2c1.NC(=O)S.NC(=O)S. The molecule has 2 amide bonds. The van der Waals surface area contributed by atoms with Gasteiger partial charge < -0.3 is 21.3 Å². The van der Waals surface area contributed by atoms with E-state index in [1.54, 1.807) is 18.4 Å². The minimum atomic E-state index is -0.833. The second-order valence-electron chi connectivity index (χ2n) is 5.80. The molecule has 5 N–H and O–H groups in total. The van der Waals surface area contributed by atoms with Gasteiger partial charge in [-0.15, -0.1) is 11.3 Å². The summed E-state index contributed by atoms with van der Waals surface area (Å²) in [6.07, 6.45) is 0. The summed E-state index contributed by atoms with van der Waals surface area (Å²) in [5.74, 6) is 0.0354. The van der Waals surface area contributed by atoms with Gasteiger partial charge in [-0.25, -0.2) is 4.98 Å². The summed E-state index contributed by atoms with van der Waals surface area (Å²) in [6.45, 7) is 7.63. The number of benzene rings is 1. The average Bonchev–Trinajstić information content (AvgIpc) is 2.88. The average molecular weight is 436 g/mol. The van der Waals surface area contributed by atoms with Gasteiger partial charge in [-0.1, -0.05) is 46.0 Å². The third-order valence-corrected chi connectivity index (χ3v) is 3.70. The maximum atomic E-state index is 9.09. The maximum absolute atomic E-state index is 9.09. The number of carbonyl (C=O) groups excluding carboxylic acids is 2. The Morgan fingerprint density at radius 1 is 1.15 bits per heavy atom. The van der Waals surface area contributed by atoms with Crippen LogP contribution in [0.4, 0.5) is 9.59 Å². The van der Waals surface area contributed by atoms with Crippen molar-refractivity contribution in [2.24, 2.45) is 11.5 Å². The van der Waals surface area contributed by atoms with Crippen molar-refractivity contribution >= 4 is 63.3 Å². The van der Waals surface area contributed by atoms with E-state index < -0.39 is 16.4 Å². The predicted octanol–water partition coefficient (Wildman–Crippen LogP) is 3.68. The summed E-state index contributed by atoms with van der Waals surface area (Å²) < 4.78 is 6.40. The lowest BCUT2D eigenvalue weighted by Crippen LogP contribution is -2.09. The molecule has 1 heterocycles. The Morgan fingerprint density at radius 2 is 1.56 bits per heavy atom. The number of carboxylic acids is 1. The summed E-state index contributed by atoms with van der Waals surface area (Å²) >= 11 is 7.97. The van der Waals surface area contributed by atoms with Crippen LogP contribution in [0, 0.1) is 0 Å². The molecule has 27 heavy (non-hydrogen) atoms. The van der Waals surface area contributed by atoms with E-state index in [2.05, 4.69) is 68.5 Å². The summed E-state index contributed by atoms with van der Waals surface area (Å²) in [6, 6.07) is 6.04. The lowest BCUT2D eigenvalue weighted by Gasteiger charge is -2.13. The van der Waals surface area contributed by atoms with Gasteiger partial charge in [0.25, 0.3) is 16.4 Å². The van der Waals surface area contributed by atoms with E-state index in [-0.39, 0.29) is 5.41 Å². The molecule has 11 heteroatoms. The molecule has 0 saturated heterocycles. The number of aliphatic carboxylic acids is 1. The lowest BCUT2D eigenvalue weighted by atomic mass is 9.98. The molecule has 0 unspecified atom stereocenters. The number of thiazole rings is 1. The Kier molecular flexibility index (Phi) is 13.3. The Balaban J connectivity index is 0. The number of rotatable bonds is 1. The summed E-state index contributed by atoms with van der Waals surface area (Å²) in [5.41, 5.74) is 9.83. The lowest BCUT2D eigenvalue weighted by molar-refractivity contribution is -0.134. The van der Waals surface area contributed by atoms with Crippen LogP contribution in [0.15, 0.2) is 18.2 Å². The van der Waals surface area contributed by atoms with Gasteiger partial charge >= 0.3 is 0 Å². The largest absolute Gasteiger partial charge is 0.497 e. The standard InChI is InChI=1S/C12H15NOS.C2H4O2.2CH3NOS/c1-12(2,3)11-13-9-7-8(14-4)5-6-10(9)15-11;1-2(3)4;2*2-1(3)4/h5-7H,1-4H3;1H3,(H,3,4);2*(H3,2,3,4). The molecule has 0 aliphatic heterocycles. The molecule has 0 aliphatic rings. The first-order valence-corrected chi connectivity index (χ1v) is 9.03. The molecule has 8 nitrogen and oxygen atoms in total. The van der Waals surface area contributed by atoms with Crippen LogP contribution in [-0.2, 0) is 10.2 Å². The van der Waals surface area contributed by atoms with E-state index in [0.717, 1.165) is 18.2 Å². The van der Waals surface area contributed by atoms with Crippen molar-refractivity contribution in [2.45, 2.75) is 33.1 Å². The van der Waals surface area contributed by atoms with Crippen molar-refractivity contribution in [3.8, 4) is 5.75 Å². The van der Waals surface area contributed by atoms with E-state index in [0.29, 0.717) is 0 Å². The molecule has 152 valence electrons. The van der Waals surface area contributed by atoms with Crippen LogP contribution < -0.4 is 16.2 Å². The molecule has 2 aromatic rings. The van der Waals surface area contributed by atoms with E-state index in [4.69, 9.17) is 24.2 Å². The van der Waals surface area contributed by atoms with Crippen LogP contribution in [0.3, 0.4) is 0 Å². The first-order valence-electron chi connectivity index (χ1n) is 7.32. The number of amides is 2. The molecular formula is C16H25N3O5S3. The van der Waals surface area contributed by atoms with Crippen molar-refractivity contribution in [1.29, 1.82) is 0 Å². The monoisotopic (exact) mass is 435 g/mol. The molecule has 2 rings (SSSR count). The van der Waals surface area contributed by atoms with Crippen molar-refractivity contribution in [2.75, 3.05) is 7.11 Å². The van der Waals surface area contributed by atoms with E-state index >= 15 is 0 Å². The summed E-state index contributed by atoms with van der Waals surface area (Å²) in [7, 11) is 1.68. The number of fused-ring (bicyclic) bond motifs is 1. The molecule has 0 radical (unpaired) electrons. The van der Waals surface area contributed by atoms with E-state index in [9.17, 15) is 0 Å². The minimum absolute atomic E-state index is 0.122. The Bertz CT molecular complexity index is 717. The highest BCUT2D eigenvalue weighted by Gasteiger charge is 2.18. The smallest absolute Gasteiger partial charge is 0.300 e. The highest BCUT2D eigenvalue weighted by molar-refractivity contribution is 7.96. The number of nitrogens with zero attached hydrogens (tertiary/aromatic N) is 1. The maximum Gasteiger partial charge on any atom is 0.300 e. The van der Waals surface area contributed by atoms with Crippen molar-refractivity contribution in [3.63, 3.8) is 0 Å². The van der Waals surface area contributed by atoms with Crippen LogP contribution in [0.1, 0.15) is 32.7 Å². The molecule has 0 spiro atoms. The Hall–Kier alpha value is -1.98. The van der Waals surface area contributed by atoms with E-state index in [1.807, 2.05) is 12.1 Å². The first kappa shape index (κ1) is 27.2. The molecule has 0 bridgehead atoms. The van der Waals surface area contributed by atoms with Gasteiger partial charge in [0, 0.05) is 18.4 Å². The van der Waals surface area contributed by atoms with Gasteiger partial charge in [-0.3, -0.25) is 14.4 Å². The second-order valence-corrected chi connectivity index (χ2v) is 7.71. The van der Waals surface area contributed by atoms with Gasteiger partial charge in [-0.05, 0) is 12.1 Å². The zero-order valence-electron chi connectivity index (χ0n) is 15.7. The molecule has 0 saturated carbocycles. The molecule has 0 aliphatic carbocycles. The highest BCUT2D eigenvalue weighted by Crippen LogP contribution is 2.32. The van der Waals surface area contributed by atoms with Crippen molar-refractivity contribution < 1.29 is 24.2 Å². The zero-order chi connectivity index (χ0) is 21.8. The van der Waals surface area contributed by atoms with Crippen LogP contribution in [0.2, 0.25) is 0 Å². The quantitative estimate of drug-likeness (QED) is 0.432. The summed E-state index contributed by atoms with van der Waals surface area (Å²) in [5, 5.41) is 7.31. The fourth-order valence-electron chi connectivity index (χ4n) is 1.36. The number of carboxylic acid groups (broad SMARTS) is 1. The Morgan fingerprint density at radius 3 is 1.89 bits per heavy atom. The van der Waals surface area contributed by atoms with Crippen LogP contribution in [0.25, 0.3) is 10.2 Å². The van der Waals surface area contributed by atoms with Crippen LogP contribution >= 0.6 is 36.6 Å². The molecule has 0 fully saturated rings. The van der Waals surface area contributed by atoms with Crippen LogP contribution in [0.5, 0.6) is 5.75 Å². The number of nitrogens with two attached hydrogens (primary N) is 2. The molecular weight excluding hydrogens is 410 g/mol. The zero-order valence-corrected chi connectivity index (χ0v) is 18.3. The molecule has 0 atom stereocenters. The third kappa shape index (κ3) is 16.0. The number of thiol groups is 2. The van der Waals surface area contributed by atoms with E-state index in [1.165, 1.54) is 9.71 Å². The van der Waals surface area contributed by atoms with Gasteiger partial charge in [0.15, 0.2) is 0 Å². The summed E-state index contributed by atoms with van der Waals surface area (Å²) in [4.78, 5) is 31.8. The topological polar surface area (TPSA) is 146 Å². The van der Waals surface area contributed by atoms with Gasteiger partial charge in [0.05, 0.1) is 22.3 Å². The fraction of sp³-hybridized carbons (Fsp3) is 0.375. The van der Waals surface area contributed by atoms with Gasteiger partial charge in [0.1, 0.15) is 5.75 Å². The van der Waals surface area contributed by atoms with Crippen molar-refractivity contribution in [3.05, 3.63) is 23.2 Å². The highest BCUT2D eigenvalue weighted by atomic mass is 32.1. The van der Waals surface area contributed by atoms with Gasteiger partial charge in [-0.2, -0.15) is 0 Å². The number of ether oxygens (including phenoxy) is 1. The number of methoxy groups -OCH3 is 1. The minimum Gasteiger partial charge on any atom is -0.497 e.